The van der Waals surface area contributed by atoms with E-state index in [1.807, 2.05) is 24.3 Å². The molecule has 1 unspecified atom stereocenters. The second-order valence-corrected chi connectivity index (χ2v) is 5.16. The first-order valence-corrected chi connectivity index (χ1v) is 7.00. The zero-order valence-corrected chi connectivity index (χ0v) is 12.1. The summed E-state index contributed by atoms with van der Waals surface area (Å²) in [5.74, 6) is -1.17. The van der Waals surface area contributed by atoms with Gasteiger partial charge in [0.15, 0.2) is 5.76 Å². The number of fused-ring (bicyclic) bond motifs is 1. The first kappa shape index (κ1) is 14.1. The molecule has 110 valence electrons. The zero-order valence-electron chi connectivity index (χ0n) is 12.1. The summed E-state index contributed by atoms with van der Waals surface area (Å²) < 4.78 is 5.73. The smallest absolute Gasteiger partial charge is 0.228 e. The van der Waals surface area contributed by atoms with E-state index in [0.717, 1.165) is 5.39 Å². The highest BCUT2D eigenvalue weighted by Crippen LogP contribution is 2.33. The Bertz CT molecular complexity index is 849. The topological polar surface area (TPSA) is 73.3 Å². The fourth-order valence-corrected chi connectivity index (χ4v) is 2.53. The van der Waals surface area contributed by atoms with Crippen molar-refractivity contribution in [3.8, 4) is 0 Å². The maximum atomic E-state index is 12.7. The number of primary amides is 1. The van der Waals surface area contributed by atoms with Gasteiger partial charge in [-0.05, 0) is 13.0 Å². The molecule has 1 heterocycles. The van der Waals surface area contributed by atoms with Crippen LogP contribution in [-0.4, -0.2) is 11.7 Å². The van der Waals surface area contributed by atoms with Gasteiger partial charge in [-0.1, -0.05) is 48.5 Å². The average Bonchev–Trinajstić information content (AvgIpc) is 2.93. The molecule has 0 bridgehead atoms. The van der Waals surface area contributed by atoms with Crippen LogP contribution in [0.1, 0.15) is 34.5 Å². The van der Waals surface area contributed by atoms with E-state index >= 15 is 0 Å². The third-order valence-corrected chi connectivity index (χ3v) is 3.74. The molecule has 1 atom stereocenters. The van der Waals surface area contributed by atoms with Gasteiger partial charge < -0.3 is 10.2 Å². The van der Waals surface area contributed by atoms with E-state index in [0.29, 0.717) is 16.7 Å². The van der Waals surface area contributed by atoms with Gasteiger partial charge in [0, 0.05) is 16.5 Å². The van der Waals surface area contributed by atoms with Crippen molar-refractivity contribution in [1.29, 1.82) is 0 Å². The molecule has 3 rings (SSSR count). The van der Waals surface area contributed by atoms with Crippen molar-refractivity contribution in [2.75, 3.05) is 0 Å². The monoisotopic (exact) mass is 293 g/mol. The summed E-state index contributed by atoms with van der Waals surface area (Å²) in [5, 5.41) is 0.744. The minimum absolute atomic E-state index is 0.179. The van der Waals surface area contributed by atoms with Crippen molar-refractivity contribution in [2.24, 2.45) is 5.73 Å². The summed E-state index contributed by atoms with van der Waals surface area (Å²) in [6, 6.07) is 16.1. The lowest BCUT2D eigenvalue weighted by Crippen LogP contribution is -2.20. The van der Waals surface area contributed by atoms with Gasteiger partial charge in [0.1, 0.15) is 5.58 Å². The predicted molar refractivity (Wildman–Crippen MR) is 83.7 cm³/mol. The predicted octanol–water partition coefficient (Wildman–Crippen LogP) is 3.25. The molecule has 1 amide bonds. The van der Waals surface area contributed by atoms with Crippen molar-refractivity contribution >= 4 is 22.7 Å². The van der Waals surface area contributed by atoms with E-state index in [1.165, 1.54) is 0 Å². The lowest BCUT2D eigenvalue weighted by Gasteiger charge is -2.08. The Morgan fingerprint density at radius 3 is 2.32 bits per heavy atom. The Morgan fingerprint density at radius 2 is 1.64 bits per heavy atom. The van der Waals surface area contributed by atoms with Crippen LogP contribution in [0.3, 0.4) is 0 Å². The summed E-state index contributed by atoms with van der Waals surface area (Å²) in [5.41, 5.74) is 7.07. The Kier molecular flexibility index (Phi) is 3.51. The number of nitrogens with two attached hydrogens (primary N) is 1. The van der Waals surface area contributed by atoms with Crippen LogP contribution in [-0.2, 0) is 4.79 Å². The SMILES string of the molecule is CC(C(N)=O)c1c(C(=O)c2ccccc2)oc2ccccc12. The fraction of sp³-hybridized carbons (Fsp3) is 0.111. The van der Waals surface area contributed by atoms with Crippen LogP contribution in [0.15, 0.2) is 59.0 Å². The minimum atomic E-state index is -0.605. The third-order valence-electron chi connectivity index (χ3n) is 3.74. The first-order valence-electron chi connectivity index (χ1n) is 7.00. The quantitative estimate of drug-likeness (QED) is 0.750. The van der Waals surface area contributed by atoms with E-state index < -0.39 is 11.8 Å². The highest BCUT2D eigenvalue weighted by atomic mass is 16.3. The first-order chi connectivity index (χ1) is 10.6. The van der Waals surface area contributed by atoms with E-state index in [9.17, 15) is 9.59 Å². The van der Waals surface area contributed by atoms with Gasteiger partial charge in [0.05, 0.1) is 5.92 Å². The second-order valence-electron chi connectivity index (χ2n) is 5.16. The highest BCUT2D eigenvalue weighted by molar-refractivity contribution is 6.11. The van der Waals surface area contributed by atoms with Gasteiger partial charge in [-0.25, -0.2) is 0 Å². The number of hydrogen-bond acceptors (Lipinski definition) is 3. The van der Waals surface area contributed by atoms with Crippen LogP contribution in [0, 0.1) is 0 Å². The Labute approximate surface area is 127 Å². The molecular weight excluding hydrogens is 278 g/mol. The van der Waals surface area contributed by atoms with Gasteiger partial charge >= 0.3 is 0 Å². The van der Waals surface area contributed by atoms with Gasteiger partial charge in [0.2, 0.25) is 11.7 Å². The van der Waals surface area contributed by atoms with Crippen LogP contribution in [0.4, 0.5) is 0 Å². The standard InChI is InChI=1S/C18H15NO3/c1-11(18(19)21)15-13-9-5-6-10-14(13)22-17(15)16(20)12-7-3-2-4-8-12/h2-11H,1H3,(H2,19,21). The van der Waals surface area contributed by atoms with Crippen LogP contribution in [0.25, 0.3) is 11.0 Å². The molecule has 3 aromatic rings. The summed E-state index contributed by atoms with van der Waals surface area (Å²) in [6.07, 6.45) is 0. The molecule has 0 radical (unpaired) electrons. The van der Waals surface area contributed by atoms with Crippen molar-refractivity contribution < 1.29 is 14.0 Å². The number of carbonyl (C=O) groups excluding carboxylic acids is 2. The van der Waals surface area contributed by atoms with Crippen LogP contribution < -0.4 is 5.73 Å². The molecule has 4 heteroatoms. The molecule has 1 aromatic heterocycles. The molecule has 22 heavy (non-hydrogen) atoms. The molecule has 4 nitrogen and oxygen atoms in total. The second kappa shape index (κ2) is 5.48. The molecule has 0 aliphatic carbocycles. The zero-order chi connectivity index (χ0) is 15.7. The summed E-state index contributed by atoms with van der Waals surface area (Å²) >= 11 is 0. The molecule has 0 spiro atoms. The van der Waals surface area contributed by atoms with Crippen LogP contribution >= 0.6 is 0 Å². The van der Waals surface area contributed by atoms with Gasteiger partial charge in [-0.2, -0.15) is 0 Å². The van der Waals surface area contributed by atoms with Crippen LogP contribution in [0.2, 0.25) is 0 Å². The molecule has 0 saturated heterocycles. The largest absolute Gasteiger partial charge is 0.452 e. The minimum Gasteiger partial charge on any atom is -0.452 e. The van der Waals surface area contributed by atoms with Crippen molar-refractivity contribution in [3.05, 3.63) is 71.5 Å². The number of ketones is 1. The summed E-state index contributed by atoms with van der Waals surface area (Å²) in [6.45, 7) is 1.68. The number of benzene rings is 2. The molecule has 0 aliphatic heterocycles. The molecule has 0 saturated carbocycles. The Hall–Kier alpha value is -2.88. The maximum Gasteiger partial charge on any atom is 0.228 e. The maximum absolute atomic E-state index is 12.7. The molecule has 2 aromatic carbocycles. The molecule has 0 aliphatic rings. The molecular formula is C18H15NO3. The van der Waals surface area contributed by atoms with Gasteiger partial charge in [-0.3, -0.25) is 9.59 Å². The number of hydrogen-bond donors (Lipinski definition) is 1. The van der Waals surface area contributed by atoms with E-state index in [1.54, 1.807) is 37.3 Å². The lowest BCUT2D eigenvalue weighted by molar-refractivity contribution is -0.119. The van der Waals surface area contributed by atoms with Gasteiger partial charge in [0.25, 0.3) is 0 Å². The van der Waals surface area contributed by atoms with E-state index in [4.69, 9.17) is 10.2 Å². The average molecular weight is 293 g/mol. The number of amides is 1. The van der Waals surface area contributed by atoms with Gasteiger partial charge in [-0.15, -0.1) is 0 Å². The van der Waals surface area contributed by atoms with Crippen molar-refractivity contribution in [1.82, 2.24) is 0 Å². The highest BCUT2D eigenvalue weighted by Gasteiger charge is 2.27. The molecule has 0 fully saturated rings. The van der Waals surface area contributed by atoms with E-state index in [2.05, 4.69) is 0 Å². The Morgan fingerprint density at radius 1 is 1.00 bits per heavy atom. The third kappa shape index (κ3) is 2.29. The van der Waals surface area contributed by atoms with E-state index in [-0.39, 0.29) is 11.5 Å². The summed E-state index contributed by atoms with van der Waals surface area (Å²) in [7, 11) is 0. The number of rotatable bonds is 4. The summed E-state index contributed by atoms with van der Waals surface area (Å²) in [4.78, 5) is 24.3. The number of para-hydroxylation sites is 1. The van der Waals surface area contributed by atoms with Crippen molar-refractivity contribution in [2.45, 2.75) is 12.8 Å². The Balaban J connectivity index is 2.23. The number of carbonyl (C=O) groups is 2. The lowest BCUT2D eigenvalue weighted by atomic mass is 9.94. The number of furan rings is 1. The van der Waals surface area contributed by atoms with Crippen molar-refractivity contribution in [3.63, 3.8) is 0 Å². The molecule has 2 N–H and O–H groups in total. The fourth-order valence-electron chi connectivity index (χ4n) is 2.53. The van der Waals surface area contributed by atoms with Crippen LogP contribution in [0.5, 0.6) is 0 Å². The normalized spacial score (nSPS) is 12.2.